The zero-order valence-electron chi connectivity index (χ0n) is 15.9. The van der Waals surface area contributed by atoms with Gasteiger partial charge in [-0.25, -0.2) is 0 Å². The van der Waals surface area contributed by atoms with E-state index in [4.69, 9.17) is 5.11 Å². The number of aryl methyl sites for hydroxylation is 3. The fourth-order valence-corrected chi connectivity index (χ4v) is 2.78. The summed E-state index contributed by atoms with van der Waals surface area (Å²) in [6.07, 6.45) is 6.54. The minimum absolute atomic E-state index is 0.0347. The maximum atomic E-state index is 12.1. The number of anilines is 1. The number of halogens is 1. The normalized spacial score (nSPS) is 10.8. The van der Waals surface area contributed by atoms with E-state index in [-0.39, 0.29) is 19.0 Å². The number of hydrogen-bond donors (Lipinski definition) is 2. The summed E-state index contributed by atoms with van der Waals surface area (Å²) in [5.41, 5.74) is 2.46. The molecule has 0 saturated carbocycles. The third kappa shape index (κ3) is 8.28. The van der Waals surface area contributed by atoms with Gasteiger partial charge in [0.05, 0.1) is 12.4 Å². The number of aromatic nitrogens is 3. The molecule has 1 heterocycles. The van der Waals surface area contributed by atoms with Crippen LogP contribution >= 0.6 is 0 Å². The molecule has 0 saturated heterocycles. The number of carbonyl (C=O) groups excluding carboxylic acids is 1. The molecule has 0 aliphatic rings. The number of alkyl halides is 1. The van der Waals surface area contributed by atoms with Crippen molar-refractivity contribution in [1.82, 2.24) is 15.0 Å². The quantitative estimate of drug-likeness (QED) is 0.511. The topological polar surface area (TPSA) is 97.1 Å². The zero-order chi connectivity index (χ0) is 20.2. The van der Waals surface area contributed by atoms with E-state index in [0.29, 0.717) is 31.4 Å². The van der Waals surface area contributed by atoms with E-state index >= 15 is 0 Å². The molecule has 152 valence electrons. The Bertz CT molecular complexity index is 746. The molecular formula is C20H27FN4O3. The van der Waals surface area contributed by atoms with Crippen LogP contribution in [0.15, 0.2) is 30.5 Å². The first kappa shape index (κ1) is 21.5. The zero-order valence-corrected chi connectivity index (χ0v) is 15.9. The molecule has 0 aliphatic heterocycles. The highest BCUT2D eigenvalue weighted by Crippen LogP contribution is 2.12. The monoisotopic (exact) mass is 390 g/mol. The number of carboxylic acids is 1. The van der Waals surface area contributed by atoms with Crippen LogP contribution < -0.4 is 5.32 Å². The molecule has 0 radical (unpaired) electrons. The number of hydrogen-bond acceptors (Lipinski definition) is 4. The number of carbonyl (C=O) groups is 2. The van der Waals surface area contributed by atoms with Crippen LogP contribution in [0.5, 0.6) is 0 Å². The summed E-state index contributed by atoms with van der Waals surface area (Å²) in [4.78, 5) is 22.6. The molecule has 0 atom stereocenters. The number of amides is 1. The lowest BCUT2D eigenvalue weighted by Crippen LogP contribution is -2.11. The first-order valence-corrected chi connectivity index (χ1v) is 9.62. The molecule has 0 bridgehead atoms. The van der Waals surface area contributed by atoms with Gasteiger partial charge in [-0.1, -0.05) is 23.8 Å². The molecule has 1 aromatic heterocycles. The average molecular weight is 390 g/mol. The van der Waals surface area contributed by atoms with Crippen LogP contribution in [0.4, 0.5) is 10.1 Å². The SMILES string of the molecule is O=C(O)CCc1ccc(NC(=O)CCCCCn2cc(CCCF)nn2)cc1. The molecule has 2 N–H and O–H groups in total. The van der Waals surface area contributed by atoms with Crippen molar-refractivity contribution in [1.29, 1.82) is 0 Å². The maximum absolute atomic E-state index is 12.1. The highest BCUT2D eigenvalue weighted by molar-refractivity contribution is 5.90. The minimum Gasteiger partial charge on any atom is -0.481 e. The third-order valence-electron chi connectivity index (χ3n) is 4.31. The Labute approximate surface area is 163 Å². The number of benzene rings is 1. The predicted molar refractivity (Wildman–Crippen MR) is 104 cm³/mol. The van der Waals surface area contributed by atoms with Crippen molar-refractivity contribution < 1.29 is 19.1 Å². The molecule has 28 heavy (non-hydrogen) atoms. The number of nitrogens with one attached hydrogen (secondary N) is 1. The first-order valence-electron chi connectivity index (χ1n) is 9.62. The largest absolute Gasteiger partial charge is 0.481 e. The Hall–Kier alpha value is -2.77. The van der Waals surface area contributed by atoms with Gasteiger partial charge < -0.3 is 10.4 Å². The van der Waals surface area contributed by atoms with Gasteiger partial charge in [-0.3, -0.25) is 18.7 Å². The van der Waals surface area contributed by atoms with Crippen molar-refractivity contribution in [3.63, 3.8) is 0 Å². The van der Waals surface area contributed by atoms with Crippen LogP contribution in [0, 0.1) is 0 Å². The van der Waals surface area contributed by atoms with Crippen molar-refractivity contribution in [3.05, 3.63) is 41.7 Å². The van der Waals surface area contributed by atoms with E-state index in [1.54, 1.807) is 16.8 Å². The Balaban J connectivity index is 1.59. The highest BCUT2D eigenvalue weighted by atomic mass is 19.1. The molecule has 1 aromatic carbocycles. The molecule has 1 amide bonds. The van der Waals surface area contributed by atoms with Crippen molar-refractivity contribution >= 4 is 17.6 Å². The Morgan fingerprint density at radius 1 is 1.04 bits per heavy atom. The summed E-state index contributed by atoms with van der Waals surface area (Å²) in [5.74, 6) is -0.856. The van der Waals surface area contributed by atoms with Gasteiger partial charge >= 0.3 is 5.97 Å². The van der Waals surface area contributed by atoms with Gasteiger partial charge in [0.2, 0.25) is 5.91 Å². The second-order valence-corrected chi connectivity index (χ2v) is 6.71. The number of unbranched alkanes of at least 4 members (excludes halogenated alkanes) is 2. The summed E-state index contributed by atoms with van der Waals surface area (Å²) in [6.45, 7) is 0.395. The van der Waals surface area contributed by atoms with Crippen LogP contribution in [0.25, 0.3) is 0 Å². The van der Waals surface area contributed by atoms with Crippen LogP contribution in [0.3, 0.4) is 0 Å². The van der Waals surface area contributed by atoms with Crippen molar-refractivity contribution in [2.75, 3.05) is 12.0 Å². The fourth-order valence-electron chi connectivity index (χ4n) is 2.78. The van der Waals surface area contributed by atoms with E-state index in [9.17, 15) is 14.0 Å². The lowest BCUT2D eigenvalue weighted by atomic mass is 10.1. The number of aliphatic carboxylic acids is 1. The van der Waals surface area contributed by atoms with E-state index < -0.39 is 5.97 Å². The molecular weight excluding hydrogens is 363 g/mol. The van der Waals surface area contributed by atoms with Gasteiger partial charge in [0, 0.05) is 31.3 Å². The van der Waals surface area contributed by atoms with Crippen LogP contribution in [0.2, 0.25) is 0 Å². The molecule has 0 aliphatic carbocycles. The van der Waals surface area contributed by atoms with Crippen LogP contribution in [0.1, 0.15) is 49.8 Å². The Kier molecular flexibility index (Phi) is 9.10. The molecule has 8 heteroatoms. The van der Waals surface area contributed by atoms with E-state index in [1.165, 1.54) is 0 Å². The second-order valence-electron chi connectivity index (χ2n) is 6.71. The van der Waals surface area contributed by atoms with Gasteiger partial charge in [0.15, 0.2) is 0 Å². The van der Waals surface area contributed by atoms with Crippen molar-refractivity contribution in [2.24, 2.45) is 0 Å². The summed E-state index contributed by atoms with van der Waals surface area (Å²) >= 11 is 0. The summed E-state index contributed by atoms with van der Waals surface area (Å²) in [5, 5.41) is 19.6. The smallest absolute Gasteiger partial charge is 0.303 e. The van der Waals surface area contributed by atoms with Gasteiger partial charge in [-0.15, -0.1) is 5.10 Å². The summed E-state index contributed by atoms with van der Waals surface area (Å²) in [7, 11) is 0. The maximum Gasteiger partial charge on any atom is 0.303 e. The lowest BCUT2D eigenvalue weighted by molar-refractivity contribution is -0.137. The Morgan fingerprint density at radius 2 is 1.82 bits per heavy atom. The van der Waals surface area contributed by atoms with Gasteiger partial charge in [-0.2, -0.15) is 0 Å². The van der Waals surface area contributed by atoms with Gasteiger partial charge in [-0.05, 0) is 49.8 Å². The van der Waals surface area contributed by atoms with E-state index in [1.807, 2.05) is 18.3 Å². The van der Waals surface area contributed by atoms with Crippen LogP contribution in [-0.2, 0) is 29.0 Å². The van der Waals surface area contributed by atoms with Gasteiger partial charge in [0.1, 0.15) is 0 Å². The fraction of sp³-hybridized carbons (Fsp3) is 0.500. The van der Waals surface area contributed by atoms with Gasteiger partial charge in [0.25, 0.3) is 0 Å². The van der Waals surface area contributed by atoms with E-state index in [0.717, 1.165) is 37.1 Å². The van der Waals surface area contributed by atoms with E-state index in [2.05, 4.69) is 15.6 Å². The second kappa shape index (κ2) is 11.8. The number of nitrogens with zero attached hydrogens (tertiary/aromatic N) is 3. The molecule has 2 rings (SSSR count). The average Bonchev–Trinajstić information content (AvgIpc) is 3.13. The molecule has 7 nitrogen and oxygen atoms in total. The highest BCUT2D eigenvalue weighted by Gasteiger charge is 2.05. The molecule has 2 aromatic rings. The number of carboxylic acid groups (broad SMARTS) is 1. The molecule has 0 unspecified atom stereocenters. The van der Waals surface area contributed by atoms with Crippen molar-refractivity contribution in [2.45, 2.75) is 57.9 Å². The minimum atomic E-state index is -0.821. The predicted octanol–water partition coefficient (Wildman–Crippen LogP) is 3.40. The number of rotatable bonds is 13. The summed E-state index contributed by atoms with van der Waals surface area (Å²) in [6, 6.07) is 7.25. The Morgan fingerprint density at radius 3 is 2.54 bits per heavy atom. The summed E-state index contributed by atoms with van der Waals surface area (Å²) < 4.78 is 13.9. The first-order chi connectivity index (χ1) is 13.6. The third-order valence-corrected chi connectivity index (χ3v) is 4.31. The molecule has 0 fully saturated rings. The standard InChI is InChI=1S/C20H27FN4O3/c21-13-4-5-18-15-25(24-23-18)14-3-1-2-6-19(26)22-17-10-7-16(8-11-17)9-12-20(27)28/h7-8,10-11,15H,1-6,9,12-14H2,(H,22,26)(H,27,28). The van der Waals surface area contributed by atoms with Crippen LogP contribution in [-0.4, -0.2) is 38.7 Å². The van der Waals surface area contributed by atoms with Crippen molar-refractivity contribution in [3.8, 4) is 0 Å². The lowest BCUT2D eigenvalue weighted by Gasteiger charge is -2.06. The molecule has 0 spiro atoms.